The van der Waals surface area contributed by atoms with Crippen molar-refractivity contribution in [3.8, 4) is 0 Å². The molecule has 6 heteroatoms. The molecule has 0 atom stereocenters. The standard InChI is InChI=1S/C19H25N3O3/c1-13-10-17(14(2)22(13)11-16-4-3-9-25-16)18(23)12-21-7-5-15(6-8-21)19(20)24/h3-4,9-10,15H,5-8,11-12H2,1-2H3,(H2,20,24)/p+1. The van der Waals surface area contributed by atoms with E-state index < -0.39 is 0 Å². The molecule has 25 heavy (non-hydrogen) atoms. The molecule has 6 nitrogen and oxygen atoms in total. The fourth-order valence-corrected chi connectivity index (χ4v) is 3.69. The summed E-state index contributed by atoms with van der Waals surface area (Å²) in [4.78, 5) is 25.3. The van der Waals surface area contributed by atoms with E-state index in [2.05, 4.69) is 4.57 Å². The third-order valence-corrected chi connectivity index (χ3v) is 5.27. The van der Waals surface area contributed by atoms with Crippen molar-refractivity contribution >= 4 is 11.7 Å². The molecule has 1 aliphatic rings. The first-order valence-electron chi connectivity index (χ1n) is 8.81. The SMILES string of the molecule is Cc1cc(C(=O)C[NH+]2CCC(C(N)=O)CC2)c(C)n1Cc1ccco1. The number of Topliss-reactive ketones (excluding diaryl/α,β-unsaturated/α-hetero) is 1. The van der Waals surface area contributed by atoms with Gasteiger partial charge in [-0.2, -0.15) is 0 Å². The van der Waals surface area contributed by atoms with E-state index >= 15 is 0 Å². The van der Waals surface area contributed by atoms with Crippen LogP contribution in [0.1, 0.15) is 40.3 Å². The third-order valence-electron chi connectivity index (χ3n) is 5.27. The van der Waals surface area contributed by atoms with Crippen LogP contribution in [0.3, 0.4) is 0 Å². The number of hydrogen-bond acceptors (Lipinski definition) is 3. The summed E-state index contributed by atoms with van der Waals surface area (Å²) < 4.78 is 7.53. The lowest BCUT2D eigenvalue weighted by molar-refractivity contribution is -0.897. The summed E-state index contributed by atoms with van der Waals surface area (Å²) in [5.41, 5.74) is 8.19. The van der Waals surface area contributed by atoms with Crippen molar-refractivity contribution in [2.24, 2.45) is 11.7 Å². The van der Waals surface area contributed by atoms with Gasteiger partial charge in [-0.1, -0.05) is 0 Å². The van der Waals surface area contributed by atoms with Crippen molar-refractivity contribution in [2.75, 3.05) is 19.6 Å². The third kappa shape index (κ3) is 3.85. The lowest BCUT2D eigenvalue weighted by Crippen LogP contribution is -3.14. The summed E-state index contributed by atoms with van der Waals surface area (Å²) >= 11 is 0. The van der Waals surface area contributed by atoms with Crippen LogP contribution >= 0.6 is 0 Å². The Morgan fingerprint density at radius 3 is 2.64 bits per heavy atom. The fourth-order valence-electron chi connectivity index (χ4n) is 3.69. The molecule has 134 valence electrons. The zero-order valence-electron chi connectivity index (χ0n) is 14.9. The van der Waals surface area contributed by atoms with Crippen LogP contribution in [0, 0.1) is 19.8 Å². The van der Waals surface area contributed by atoms with Crippen LogP contribution in [0.2, 0.25) is 0 Å². The second-order valence-electron chi connectivity index (χ2n) is 6.98. The van der Waals surface area contributed by atoms with Crippen molar-refractivity contribution < 1.29 is 18.9 Å². The zero-order chi connectivity index (χ0) is 18.0. The molecule has 1 aliphatic heterocycles. The molecule has 3 heterocycles. The Kier molecular flexibility index (Phi) is 5.08. The predicted molar refractivity (Wildman–Crippen MR) is 93.5 cm³/mol. The number of nitrogens with one attached hydrogen (secondary N) is 1. The van der Waals surface area contributed by atoms with Gasteiger partial charge in [0.05, 0.1) is 25.9 Å². The van der Waals surface area contributed by atoms with E-state index in [4.69, 9.17) is 10.2 Å². The maximum absolute atomic E-state index is 12.8. The molecule has 0 saturated carbocycles. The number of amides is 1. The van der Waals surface area contributed by atoms with Gasteiger partial charge in [0.15, 0.2) is 0 Å². The maximum Gasteiger partial charge on any atom is 0.220 e. The highest BCUT2D eigenvalue weighted by Gasteiger charge is 2.28. The van der Waals surface area contributed by atoms with Gasteiger partial charge in [-0.05, 0) is 32.0 Å². The molecule has 0 radical (unpaired) electrons. The second-order valence-corrected chi connectivity index (χ2v) is 6.98. The molecule has 0 unspecified atom stereocenters. The van der Waals surface area contributed by atoms with E-state index in [0.717, 1.165) is 48.6 Å². The number of furan rings is 1. The van der Waals surface area contributed by atoms with Crippen LogP contribution in [0.5, 0.6) is 0 Å². The minimum Gasteiger partial charge on any atom is -0.467 e. The van der Waals surface area contributed by atoms with Crippen molar-refractivity contribution in [3.05, 3.63) is 47.2 Å². The number of hydrogen-bond donors (Lipinski definition) is 2. The maximum atomic E-state index is 12.8. The number of aromatic nitrogens is 1. The first-order valence-corrected chi connectivity index (χ1v) is 8.81. The molecule has 2 aromatic rings. The van der Waals surface area contributed by atoms with Crippen LogP contribution < -0.4 is 10.6 Å². The normalized spacial score (nSPS) is 20.6. The van der Waals surface area contributed by atoms with Crippen molar-refractivity contribution in [1.29, 1.82) is 0 Å². The van der Waals surface area contributed by atoms with E-state index in [-0.39, 0.29) is 17.6 Å². The number of carbonyl (C=O) groups excluding carboxylic acids is 2. The van der Waals surface area contributed by atoms with E-state index in [1.807, 2.05) is 32.0 Å². The molecule has 1 fully saturated rings. The molecular formula is C19H26N3O3+. The topological polar surface area (TPSA) is 82.7 Å². The minimum absolute atomic E-state index is 0.0304. The average Bonchev–Trinajstić information content (AvgIpc) is 3.19. The van der Waals surface area contributed by atoms with Gasteiger partial charge < -0.3 is 19.6 Å². The number of rotatable bonds is 6. The number of quaternary nitrogens is 1. The lowest BCUT2D eigenvalue weighted by atomic mass is 9.96. The van der Waals surface area contributed by atoms with Crippen molar-refractivity contribution in [2.45, 2.75) is 33.2 Å². The van der Waals surface area contributed by atoms with Crippen molar-refractivity contribution in [3.63, 3.8) is 0 Å². The molecule has 1 saturated heterocycles. The summed E-state index contributed by atoms with van der Waals surface area (Å²) in [5, 5.41) is 0. The quantitative estimate of drug-likeness (QED) is 0.757. The van der Waals surface area contributed by atoms with Crippen LogP contribution in [-0.2, 0) is 11.3 Å². The monoisotopic (exact) mass is 344 g/mol. The largest absolute Gasteiger partial charge is 0.467 e. The minimum atomic E-state index is -0.216. The van der Waals surface area contributed by atoms with Gasteiger partial charge >= 0.3 is 0 Å². The zero-order valence-corrected chi connectivity index (χ0v) is 14.9. The van der Waals surface area contributed by atoms with E-state index in [1.54, 1.807) is 6.26 Å². The lowest BCUT2D eigenvalue weighted by Gasteiger charge is -2.27. The van der Waals surface area contributed by atoms with Gasteiger partial charge in [-0.25, -0.2) is 0 Å². The van der Waals surface area contributed by atoms with Gasteiger partial charge in [0.2, 0.25) is 11.7 Å². The van der Waals surface area contributed by atoms with Crippen molar-refractivity contribution in [1.82, 2.24) is 4.57 Å². The Hall–Kier alpha value is -2.34. The molecule has 2 aromatic heterocycles. The van der Waals surface area contributed by atoms with Gasteiger partial charge in [-0.15, -0.1) is 0 Å². The Morgan fingerprint density at radius 2 is 2.04 bits per heavy atom. The number of aryl methyl sites for hydroxylation is 1. The van der Waals surface area contributed by atoms with Gasteiger partial charge in [0, 0.05) is 35.7 Å². The summed E-state index contributed by atoms with van der Waals surface area (Å²) in [5.74, 6) is 0.787. The summed E-state index contributed by atoms with van der Waals surface area (Å²) in [6.45, 7) is 6.75. The summed E-state index contributed by atoms with van der Waals surface area (Å²) in [6.07, 6.45) is 3.21. The molecular weight excluding hydrogens is 318 g/mol. The Morgan fingerprint density at radius 1 is 1.32 bits per heavy atom. The van der Waals surface area contributed by atoms with Gasteiger partial charge in [-0.3, -0.25) is 9.59 Å². The fraction of sp³-hybridized carbons (Fsp3) is 0.474. The molecule has 0 aromatic carbocycles. The highest BCUT2D eigenvalue weighted by Crippen LogP contribution is 2.18. The van der Waals surface area contributed by atoms with E-state index in [9.17, 15) is 9.59 Å². The molecule has 3 rings (SSSR count). The summed E-state index contributed by atoms with van der Waals surface area (Å²) in [7, 11) is 0. The second kappa shape index (κ2) is 7.27. The number of ketones is 1. The average molecular weight is 344 g/mol. The van der Waals surface area contributed by atoms with Gasteiger partial charge in [0.25, 0.3) is 0 Å². The van der Waals surface area contributed by atoms with Crippen LogP contribution in [0.25, 0.3) is 0 Å². The highest BCUT2D eigenvalue weighted by molar-refractivity contribution is 5.98. The number of nitrogens with zero attached hydrogens (tertiary/aromatic N) is 1. The Bertz CT molecular complexity index is 753. The summed E-state index contributed by atoms with van der Waals surface area (Å²) in [6, 6.07) is 5.78. The first kappa shape index (κ1) is 17.5. The molecule has 0 bridgehead atoms. The number of likely N-dealkylation sites (tertiary alicyclic amines) is 1. The van der Waals surface area contributed by atoms with Crippen LogP contribution in [0.15, 0.2) is 28.9 Å². The molecule has 0 spiro atoms. The number of piperidine rings is 1. The number of nitrogens with two attached hydrogens (primary N) is 1. The van der Waals surface area contributed by atoms with E-state index in [1.165, 1.54) is 4.90 Å². The van der Waals surface area contributed by atoms with Crippen LogP contribution in [-0.4, -0.2) is 35.9 Å². The number of carbonyl (C=O) groups is 2. The first-order chi connectivity index (χ1) is 12.0. The smallest absolute Gasteiger partial charge is 0.220 e. The molecule has 1 amide bonds. The Labute approximate surface area is 147 Å². The van der Waals surface area contributed by atoms with E-state index in [0.29, 0.717) is 13.1 Å². The molecule has 3 N–H and O–H groups in total. The van der Waals surface area contributed by atoms with Crippen LogP contribution in [0.4, 0.5) is 0 Å². The number of primary amides is 1. The molecule has 0 aliphatic carbocycles. The predicted octanol–water partition coefficient (Wildman–Crippen LogP) is 0.709. The Balaban J connectivity index is 1.66. The van der Waals surface area contributed by atoms with Gasteiger partial charge in [0.1, 0.15) is 12.3 Å². The highest BCUT2D eigenvalue weighted by atomic mass is 16.3.